The molecule has 2 fully saturated rings. The summed E-state index contributed by atoms with van der Waals surface area (Å²) in [6, 6.07) is 0. The molecule has 2 aliphatic rings. The summed E-state index contributed by atoms with van der Waals surface area (Å²) in [5.74, 6) is -1.11. The second-order valence-corrected chi connectivity index (χ2v) is 5.87. The molecule has 0 aromatic rings. The van der Waals surface area contributed by atoms with Crippen molar-refractivity contribution < 1.29 is 19.5 Å². The van der Waals surface area contributed by atoms with Crippen molar-refractivity contribution in [1.82, 2.24) is 10.2 Å². The molecule has 6 nitrogen and oxygen atoms in total. The predicted molar refractivity (Wildman–Crippen MR) is 71.9 cm³/mol. The van der Waals surface area contributed by atoms with Gasteiger partial charge in [-0.15, -0.1) is 0 Å². The van der Waals surface area contributed by atoms with Gasteiger partial charge in [0.1, 0.15) is 0 Å². The molecule has 0 aliphatic carbocycles. The third-order valence-electron chi connectivity index (χ3n) is 4.54. The number of hydrogen-bond acceptors (Lipinski definition) is 3. The smallest absolute Gasteiger partial charge is 0.309 e. The van der Waals surface area contributed by atoms with E-state index in [4.69, 9.17) is 0 Å². The fourth-order valence-electron chi connectivity index (χ4n) is 3.24. The number of carbonyl (C=O) groups is 3. The van der Waals surface area contributed by atoms with E-state index in [1.807, 2.05) is 6.92 Å². The first kappa shape index (κ1) is 14.8. The van der Waals surface area contributed by atoms with Gasteiger partial charge in [0.15, 0.2) is 0 Å². The number of rotatable bonds is 4. The van der Waals surface area contributed by atoms with Gasteiger partial charge in [-0.25, -0.2) is 0 Å². The van der Waals surface area contributed by atoms with E-state index in [0.29, 0.717) is 38.9 Å². The molecule has 0 bridgehead atoms. The van der Waals surface area contributed by atoms with Crippen molar-refractivity contribution in [3.8, 4) is 0 Å². The zero-order valence-electron chi connectivity index (χ0n) is 11.9. The lowest BCUT2D eigenvalue weighted by Crippen LogP contribution is -2.48. The molecular weight excluding hydrogens is 260 g/mol. The topological polar surface area (TPSA) is 86.7 Å². The van der Waals surface area contributed by atoms with Crippen LogP contribution in [0.2, 0.25) is 0 Å². The Balaban J connectivity index is 1.94. The molecule has 0 saturated carbocycles. The predicted octanol–water partition coefficient (Wildman–Crippen LogP) is 0.616. The lowest BCUT2D eigenvalue weighted by Gasteiger charge is -2.39. The summed E-state index contributed by atoms with van der Waals surface area (Å²) >= 11 is 0. The largest absolute Gasteiger partial charge is 0.481 e. The zero-order chi connectivity index (χ0) is 14.8. The standard InChI is InChI=1S/C14H22N2O4/c1-2-3-14(13(19)20)4-6-16(7-5-14)12(18)10-8-11(17)15-9-10/h10H,2-9H2,1H3,(H,15,17)(H,19,20). The van der Waals surface area contributed by atoms with Gasteiger partial charge in [0.25, 0.3) is 0 Å². The number of carbonyl (C=O) groups excluding carboxylic acids is 2. The van der Waals surface area contributed by atoms with Gasteiger partial charge in [-0.05, 0) is 19.3 Å². The number of carboxylic acids is 1. The first-order valence-electron chi connectivity index (χ1n) is 7.27. The van der Waals surface area contributed by atoms with Gasteiger partial charge in [-0.1, -0.05) is 13.3 Å². The second-order valence-electron chi connectivity index (χ2n) is 5.87. The average molecular weight is 282 g/mol. The molecular formula is C14H22N2O4. The number of hydrogen-bond donors (Lipinski definition) is 2. The van der Waals surface area contributed by atoms with E-state index in [-0.39, 0.29) is 24.2 Å². The Kier molecular flexibility index (Phi) is 4.30. The number of aliphatic carboxylic acids is 1. The van der Waals surface area contributed by atoms with Crippen LogP contribution in [0.3, 0.4) is 0 Å². The van der Waals surface area contributed by atoms with Gasteiger partial charge in [0, 0.05) is 26.1 Å². The Labute approximate surface area is 118 Å². The number of carboxylic acid groups (broad SMARTS) is 1. The monoisotopic (exact) mass is 282 g/mol. The van der Waals surface area contributed by atoms with E-state index in [1.165, 1.54) is 0 Å². The summed E-state index contributed by atoms with van der Waals surface area (Å²) in [6.07, 6.45) is 2.77. The van der Waals surface area contributed by atoms with Crippen LogP contribution in [0.5, 0.6) is 0 Å². The van der Waals surface area contributed by atoms with E-state index in [0.717, 1.165) is 6.42 Å². The molecule has 2 rings (SSSR count). The van der Waals surface area contributed by atoms with Crippen LogP contribution >= 0.6 is 0 Å². The highest BCUT2D eigenvalue weighted by Gasteiger charge is 2.42. The Morgan fingerprint density at radius 3 is 2.50 bits per heavy atom. The van der Waals surface area contributed by atoms with Gasteiger partial charge in [0.2, 0.25) is 11.8 Å². The van der Waals surface area contributed by atoms with E-state index >= 15 is 0 Å². The summed E-state index contributed by atoms with van der Waals surface area (Å²) in [5.41, 5.74) is -0.671. The van der Waals surface area contributed by atoms with Crippen molar-refractivity contribution >= 4 is 17.8 Å². The lowest BCUT2D eigenvalue weighted by molar-refractivity contribution is -0.155. The first-order chi connectivity index (χ1) is 9.48. The summed E-state index contributed by atoms with van der Waals surface area (Å²) in [4.78, 5) is 36.6. The molecule has 2 aliphatic heterocycles. The normalized spacial score (nSPS) is 25.4. The van der Waals surface area contributed by atoms with Crippen LogP contribution in [0.1, 0.15) is 39.0 Å². The highest BCUT2D eigenvalue weighted by Crippen LogP contribution is 2.37. The number of piperidine rings is 1. The van der Waals surface area contributed by atoms with Crippen molar-refractivity contribution in [2.75, 3.05) is 19.6 Å². The van der Waals surface area contributed by atoms with Crippen molar-refractivity contribution in [1.29, 1.82) is 0 Å². The second kappa shape index (κ2) is 5.81. The number of nitrogens with zero attached hydrogens (tertiary/aromatic N) is 1. The molecule has 2 amide bonds. The average Bonchev–Trinajstić information content (AvgIpc) is 2.85. The van der Waals surface area contributed by atoms with E-state index in [9.17, 15) is 19.5 Å². The van der Waals surface area contributed by atoms with Crippen molar-refractivity contribution in [2.24, 2.45) is 11.3 Å². The number of amides is 2. The molecule has 0 spiro atoms. The van der Waals surface area contributed by atoms with Crippen molar-refractivity contribution in [2.45, 2.75) is 39.0 Å². The van der Waals surface area contributed by atoms with Gasteiger partial charge in [-0.3, -0.25) is 14.4 Å². The van der Waals surface area contributed by atoms with E-state index in [1.54, 1.807) is 4.90 Å². The molecule has 0 aromatic carbocycles. The van der Waals surface area contributed by atoms with Crippen LogP contribution in [0, 0.1) is 11.3 Å². The quantitative estimate of drug-likeness (QED) is 0.791. The third-order valence-corrected chi connectivity index (χ3v) is 4.54. The molecule has 1 atom stereocenters. The molecule has 0 radical (unpaired) electrons. The third kappa shape index (κ3) is 2.78. The van der Waals surface area contributed by atoms with Gasteiger partial charge >= 0.3 is 5.97 Å². The van der Waals surface area contributed by atoms with Gasteiger partial charge in [-0.2, -0.15) is 0 Å². The van der Waals surface area contributed by atoms with Crippen LogP contribution in [0.15, 0.2) is 0 Å². The Morgan fingerprint density at radius 1 is 1.40 bits per heavy atom. The van der Waals surface area contributed by atoms with Crippen LogP contribution in [-0.2, 0) is 14.4 Å². The minimum Gasteiger partial charge on any atom is -0.481 e. The maximum Gasteiger partial charge on any atom is 0.309 e. The Hall–Kier alpha value is -1.59. The first-order valence-corrected chi connectivity index (χ1v) is 7.27. The van der Waals surface area contributed by atoms with Crippen molar-refractivity contribution in [3.63, 3.8) is 0 Å². The highest BCUT2D eigenvalue weighted by atomic mass is 16.4. The maximum absolute atomic E-state index is 12.3. The minimum atomic E-state index is -0.746. The van der Waals surface area contributed by atoms with Crippen LogP contribution in [-0.4, -0.2) is 47.4 Å². The fourth-order valence-corrected chi connectivity index (χ4v) is 3.24. The van der Waals surface area contributed by atoms with Crippen molar-refractivity contribution in [3.05, 3.63) is 0 Å². The van der Waals surface area contributed by atoms with Gasteiger partial charge in [0.05, 0.1) is 11.3 Å². The maximum atomic E-state index is 12.3. The summed E-state index contributed by atoms with van der Waals surface area (Å²) in [6.45, 7) is 3.36. The minimum absolute atomic E-state index is 0.0150. The summed E-state index contributed by atoms with van der Waals surface area (Å²) < 4.78 is 0. The summed E-state index contributed by atoms with van der Waals surface area (Å²) in [5, 5.41) is 12.1. The lowest BCUT2D eigenvalue weighted by atomic mass is 9.75. The molecule has 2 N–H and O–H groups in total. The molecule has 6 heteroatoms. The molecule has 20 heavy (non-hydrogen) atoms. The Bertz CT molecular complexity index is 413. The van der Waals surface area contributed by atoms with Gasteiger partial charge < -0.3 is 15.3 Å². The molecule has 2 heterocycles. The number of likely N-dealkylation sites (tertiary alicyclic amines) is 1. The van der Waals surface area contributed by atoms with E-state index in [2.05, 4.69) is 5.32 Å². The fraction of sp³-hybridized carbons (Fsp3) is 0.786. The van der Waals surface area contributed by atoms with Crippen LogP contribution < -0.4 is 5.32 Å². The zero-order valence-corrected chi connectivity index (χ0v) is 11.9. The van der Waals surface area contributed by atoms with Crippen LogP contribution in [0.25, 0.3) is 0 Å². The Morgan fingerprint density at radius 2 is 2.05 bits per heavy atom. The number of nitrogens with one attached hydrogen (secondary N) is 1. The van der Waals surface area contributed by atoms with Crippen LogP contribution in [0.4, 0.5) is 0 Å². The molecule has 2 saturated heterocycles. The molecule has 112 valence electrons. The highest BCUT2D eigenvalue weighted by molar-refractivity contribution is 5.89. The molecule has 0 aromatic heterocycles. The summed E-state index contributed by atoms with van der Waals surface area (Å²) in [7, 11) is 0. The molecule has 1 unspecified atom stereocenters. The SMILES string of the molecule is CCCC1(C(=O)O)CCN(C(=O)C2CNC(=O)C2)CC1. The van der Waals surface area contributed by atoms with E-state index < -0.39 is 11.4 Å².